The van der Waals surface area contributed by atoms with Gasteiger partial charge >= 0.3 is 0 Å². The van der Waals surface area contributed by atoms with Gasteiger partial charge in [0.25, 0.3) is 0 Å². The van der Waals surface area contributed by atoms with E-state index >= 15 is 0 Å². The van der Waals surface area contributed by atoms with Crippen molar-refractivity contribution < 1.29 is 0 Å². The highest BCUT2D eigenvalue weighted by atomic mass is 79.9. The zero-order valence-corrected chi connectivity index (χ0v) is 20.0. The Balaban J connectivity index is 0.00000117. The van der Waals surface area contributed by atoms with Crippen LogP contribution < -0.4 is 0 Å². The number of fused-ring (bicyclic) bond motifs is 1. The van der Waals surface area contributed by atoms with Crippen molar-refractivity contribution in [3.05, 3.63) is 31.7 Å². The third-order valence-corrected chi connectivity index (χ3v) is 6.81. The molecule has 3 aromatic heterocycles. The summed E-state index contributed by atoms with van der Waals surface area (Å²) in [5.74, 6) is 0. The van der Waals surface area contributed by atoms with Gasteiger partial charge in [0, 0.05) is 11.4 Å². The maximum Gasteiger partial charge on any atom is 0.164 e. The first-order valence-electron chi connectivity index (χ1n) is 8.79. The van der Waals surface area contributed by atoms with Crippen LogP contribution in [0.25, 0.3) is 16.1 Å². The second kappa shape index (κ2) is 8.53. The number of hydrogen-bond acceptors (Lipinski definition) is 4. The molecule has 4 nitrogen and oxygen atoms in total. The van der Waals surface area contributed by atoms with Crippen molar-refractivity contribution in [2.24, 2.45) is 0 Å². The number of thiazole rings is 1. The molecule has 3 aromatic rings. The van der Waals surface area contributed by atoms with Gasteiger partial charge in [0.05, 0.1) is 24.0 Å². The van der Waals surface area contributed by atoms with Gasteiger partial charge in [-0.3, -0.25) is 0 Å². The van der Waals surface area contributed by atoms with E-state index in [2.05, 4.69) is 50.7 Å². The Hall–Kier alpha value is -0.725. The normalized spacial score (nSPS) is 11.5. The molecule has 0 aromatic carbocycles. The first kappa shape index (κ1) is 21.6. The lowest BCUT2D eigenvalue weighted by Gasteiger charge is -2.28. The minimum absolute atomic E-state index is 0.423. The average molecular weight is 498 g/mol. The van der Waals surface area contributed by atoms with E-state index in [-0.39, 0.29) is 0 Å². The summed E-state index contributed by atoms with van der Waals surface area (Å²) in [4.78, 5) is 10.2. The highest BCUT2D eigenvalue weighted by Gasteiger charge is 2.28. The summed E-state index contributed by atoms with van der Waals surface area (Å²) in [5, 5.41) is 4.34. The summed E-state index contributed by atoms with van der Waals surface area (Å²) in [6.45, 7) is 12.2. The van der Waals surface area contributed by atoms with E-state index in [1.54, 1.807) is 11.3 Å². The van der Waals surface area contributed by atoms with Gasteiger partial charge in [-0.05, 0) is 57.1 Å². The maximum atomic E-state index is 6.67. The van der Waals surface area contributed by atoms with Crippen LogP contribution in [-0.2, 0) is 5.31 Å². The molecule has 0 fully saturated rings. The SMILES string of the molecule is CC.[B]C(CC)(CC)c1cc(C)nc2c(-c3sc(Br)nc3Br)c(C)nn12. The molecule has 0 bridgehead atoms. The third kappa shape index (κ3) is 3.78. The zero-order chi connectivity index (χ0) is 19.6. The largest absolute Gasteiger partial charge is 0.233 e. The Labute approximate surface area is 177 Å². The lowest BCUT2D eigenvalue weighted by atomic mass is 9.62. The summed E-state index contributed by atoms with van der Waals surface area (Å²) in [7, 11) is 6.67. The molecule has 26 heavy (non-hydrogen) atoms. The van der Waals surface area contributed by atoms with Crippen LogP contribution in [0.15, 0.2) is 14.6 Å². The maximum absolute atomic E-state index is 6.67. The summed E-state index contributed by atoms with van der Waals surface area (Å²) in [6, 6.07) is 2.05. The smallest absolute Gasteiger partial charge is 0.164 e. The molecule has 2 radical (unpaired) electrons. The van der Waals surface area contributed by atoms with E-state index in [4.69, 9.17) is 17.9 Å². The lowest BCUT2D eigenvalue weighted by Crippen LogP contribution is -2.28. The molecule has 0 aliphatic carbocycles. The summed E-state index contributed by atoms with van der Waals surface area (Å²) in [6.07, 6.45) is 1.68. The Morgan fingerprint density at radius 3 is 2.27 bits per heavy atom. The highest BCUT2D eigenvalue weighted by molar-refractivity contribution is 9.11. The minimum atomic E-state index is -0.423. The van der Waals surface area contributed by atoms with E-state index < -0.39 is 5.31 Å². The molecule has 0 aliphatic heterocycles. The molecule has 0 N–H and O–H groups in total. The standard InChI is InChI=1S/C16H17BBr2N4S.C2H6/c1-5-16(17,6-2)10-7-8(3)20-14-11(9(4)22-23(10)14)12-13(18)21-15(19)24-12;1-2/h7H,5-6H2,1-4H3;1-2H3. The summed E-state index contributed by atoms with van der Waals surface area (Å²) < 4.78 is 3.53. The molecular weight excluding hydrogens is 475 g/mol. The van der Waals surface area contributed by atoms with Crippen LogP contribution in [-0.4, -0.2) is 27.4 Å². The fourth-order valence-electron chi connectivity index (χ4n) is 2.91. The predicted octanol–water partition coefficient (Wildman–Crippen LogP) is 6.20. The number of hydrogen-bond donors (Lipinski definition) is 0. The molecule has 8 heteroatoms. The van der Waals surface area contributed by atoms with E-state index in [9.17, 15) is 0 Å². The van der Waals surface area contributed by atoms with Gasteiger partial charge in [0.1, 0.15) is 4.60 Å². The second-order valence-electron chi connectivity index (χ2n) is 5.93. The molecule has 0 aliphatic rings. The van der Waals surface area contributed by atoms with Crippen LogP contribution in [0, 0.1) is 13.8 Å². The topological polar surface area (TPSA) is 43.1 Å². The van der Waals surface area contributed by atoms with Gasteiger partial charge in [-0.25, -0.2) is 14.5 Å². The quantitative estimate of drug-likeness (QED) is 0.403. The van der Waals surface area contributed by atoms with Gasteiger partial charge in [-0.2, -0.15) is 5.10 Å². The average Bonchev–Trinajstić information content (AvgIpc) is 3.12. The first-order chi connectivity index (χ1) is 12.3. The Morgan fingerprint density at radius 1 is 1.15 bits per heavy atom. The zero-order valence-electron chi connectivity index (χ0n) is 16.0. The van der Waals surface area contributed by atoms with Crippen LogP contribution in [0.2, 0.25) is 0 Å². The van der Waals surface area contributed by atoms with Gasteiger partial charge in [-0.1, -0.05) is 40.5 Å². The number of rotatable bonds is 4. The molecule has 3 heterocycles. The van der Waals surface area contributed by atoms with Crippen molar-refractivity contribution in [3.63, 3.8) is 0 Å². The van der Waals surface area contributed by atoms with Crippen molar-refractivity contribution in [2.75, 3.05) is 0 Å². The van der Waals surface area contributed by atoms with Crippen LogP contribution >= 0.6 is 43.2 Å². The molecular formula is C18H23BBr2N4S. The molecule has 3 rings (SSSR count). The van der Waals surface area contributed by atoms with Crippen molar-refractivity contribution in [1.29, 1.82) is 0 Å². The molecule has 138 valence electrons. The molecule has 0 saturated carbocycles. The van der Waals surface area contributed by atoms with Gasteiger partial charge in [-0.15, -0.1) is 11.3 Å². The monoisotopic (exact) mass is 496 g/mol. The third-order valence-electron chi connectivity index (χ3n) is 4.45. The minimum Gasteiger partial charge on any atom is -0.233 e. The van der Waals surface area contributed by atoms with Crippen LogP contribution in [0.4, 0.5) is 0 Å². The van der Waals surface area contributed by atoms with E-state index in [0.29, 0.717) is 0 Å². The second-order valence-corrected chi connectivity index (χ2v) is 8.95. The molecule has 0 unspecified atom stereocenters. The van der Waals surface area contributed by atoms with Crippen LogP contribution in [0.3, 0.4) is 0 Å². The van der Waals surface area contributed by atoms with Crippen molar-refractivity contribution in [3.8, 4) is 10.4 Å². The predicted molar refractivity (Wildman–Crippen MR) is 118 cm³/mol. The molecule has 0 amide bonds. The van der Waals surface area contributed by atoms with Crippen molar-refractivity contribution >= 4 is 56.7 Å². The Bertz CT molecular complexity index is 916. The molecule has 0 saturated heterocycles. The molecule has 0 spiro atoms. The van der Waals surface area contributed by atoms with Crippen molar-refractivity contribution in [2.45, 2.75) is 59.7 Å². The van der Waals surface area contributed by atoms with E-state index in [1.165, 1.54) is 0 Å². The first-order valence-corrected chi connectivity index (χ1v) is 11.2. The number of halogens is 2. The van der Waals surface area contributed by atoms with Gasteiger partial charge < -0.3 is 0 Å². The van der Waals surface area contributed by atoms with Gasteiger partial charge in [0.15, 0.2) is 9.56 Å². The Kier molecular flexibility index (Phi) is 7.07. The van der Waals surface area contributed by atoms with E-state index in [1.807, 2.05) is 38.3 Å². The summed E-state index contributed by atoms with van der Waals surface area (Å²) in [5.41, 5.74) is 4.69. The number of aryl methyl sites for hydroxylation is 2. The van der Waals surface area contributed by atoms with Crippen molar-refractivity contribution in [1.82, 2.24) is 19.6 Å². The van der Waals surface area contributed by atoms with Crippen LogP contribution in [0.5, 0.6) is 0 Å². The number of aromatic nitrogens is 4. The molecule has 0 atom stereocenters. The highest BCUT2D eigenvalue weighted by Crippen LogP contribution is 2.40. The summed E-state index contributed by atoms with van der Waals surface area (Å²) >= 11 is 8.56. The number of nitrogens with zero attached hydrogens (tertiary/aromatic N) is 4. The lowest BCUT2D eigenvalue weighted by molar-refractivity contribution is 0.530. The van der Waals surface area contributed by atoms with Gasteiger partial charge in [0.2, 0.25) is 0 Å². The Morgan fingerprint density at radius 2 is 1.77 bits per heavy atom. The fraction of sp³-hybridized carbons (Fsp3) is 0.500. The fourth-order valence-corrected chi connectivity index (χ4v) is 5.32. The van der Waals surface area contributed by atoms with E-state index in [0.717, 1.165) is 54.5 Å². The van der Waals surface area contributed by atoms with Crippen LogP contribution in [0.1, 0.15) is 57.6 Å².